The number of hydrogen-bond donors (Lipinski definition) is 0. The number of alkyl halides is 1. The number of Topliss-reactive ketones (excluding diaryl/α,β-unsaturated/α-hetero) is 1. The third kappa shape index (κ3) is 2.30. The van der Waals surface area contributed by atoms with Crippen molar-refractivity contribution < 1.29 is 18.7 Å². The third-order valence-corrected chi connectivity index (χ3v) is 7.48. The molecule has 0 spiro atoms. The van der Waals surface area contributed by atoms with E-state index in [1.54, 1.807) is 0 Å². The molecule has 6 rings (SSSR count). The summed E-state index contributed by atoms with van der Waals surface area (Å²) in [5, 5.41) is 0. The number of rotatable bonds is 2. The SMILES string of the molecule is CC1CC(=O)c2c(OC(=O)C34CC5CC(CC(Cl)(C5)C3)C4)ccc(F)c21. The number of benzene rings is 1. The van der Waals surface area contributed by atoms with Crippen LogP contribution in [0.5, 0.6) is 5.75 Å². The molecule has 3 nitrogen and oxygen atoms in total. The lowest BCUT2D eigenvalue weighted by atomic mass is 9.49. The number of halogens is 2. The van der Waals surface area contributed by atoms with Crippen molar-refractivity contribution in [2.75, 3.05) is 0 Å². The number of carbonyl (C=O) groups is 2. The van der Waals surface area contributed by atoms with Crippen molar-refractivity contribution in [2.45, 2.75) is 62.7 Å². The number of ketones is 1. The largest absolute Gasteiger partial charge is 0.425 e. The first-order valence-corrected chi connectivity index (χ1v) is 9.93. The molecule has 0 aromatic heterocycles. The molecular formula is C21H22ClFO3. The second kappa shape index (κ2) is 5.31. The van der Waals surface area contributed by atoms with Crippen LogP contribution in [0.4, 0.5) is 4.39 Å². The third-order valence-electron chi connectivity index (χ3n) is 7.04. The first-order valence-electron chi connectivity index (χ1n) is 9.55. The lowest BCUT2D eigenvalue weighted by molar-refractivity contribution is -0.160. The quantitative estimate of drug-likeness (QED) is 0.414. The van der Waals surface area contributed by atoms with Crippen molar-refractivity contribution in [1.82, 2.24) is 0 Å². The molecule has 3 atom stereocenters. The van der Waals surface area contributed by atoms with Crippen LogP contribution in [0.15, 0.2) is 12.1 Å². The molecular weight excluding hydrogens is 355 g/mol. The van der Waals surface area contributed by atoms with E-state index in [-0.39, 0.29) is 40.3 Å². The van der Waals surface area contributed by atoms with Crippen LogP contribution in [0.1, 0.15) is 73.7 Å². The minimum atomic E-state index is -0.541. The lowest BCUT2D eigenvalue weighted by Crippen LogP contribution is -2.57. The van der Waals surface area contributed by atoms with Crippen LogP contribution < -0.4 is 4.74 Å². The second-order valence-corrected chi connectivity index (χ2v) is 9.95. The molecule has 0 N–H and O–H groups in total. The maximum atomic E-state index is 14.2. The lowest BCUT2D eigenvalue weighted by Gasteiger charge is -2.58. The van der Waals surface area contributed by atoms with Gasteiger partial charge in [0.15, 0.2) is 5.78 Å². The molecule has 5 aliphatic rings. The van der Waals surface area contributed by atoms with Crippen molar-refractivity contribution in [3.63, 3.8) is 0 Å². The van der Waals surface area contributed by atoms with E-state index in [9.17, 15) is 14.0 Å². The Morgan fingerprint density at radius 2 is 1.92 bits per heavy atom. The van der Waals surface area contributed by atoms with E-state index in [2.05, 4.69) is 0 Å². The molecule has 0 amide bonds. The molecule has 5 aliphatic carbocycles. The molecule has 4 fully saturated rings. The van der Waals surface area contributed by atoms with E-state index < -0.39 is 11.2 Å². The Morgan fingerprint density at radius 1 is 1.23 bits per heavy atom. The van der Waals surface area contributed by atoms with Crippen molar-refractivity contribution >= 4 is 23.4 Å². The Kier molecular flexibility index (Phi) is 3.42. The number of hydrogen-bond acceptors (Lipinski definition) is 3. The van der Waals surface area contributed by atoms with E-state index in [1.807, 2.05) is 6.92 Å². The van der Waals surface area contributed by atoms with Gasteiger partial charge in [-0.15, -0.1) is 11.6 Å². The van der Waals surface area contributed by atoms with Crippen LogP contribution in [0.2, 0.25) is 0 Å². The van der Waals surface area contributed by atoms with Gasteiger partial charge < -0.3 is 4.74 Å². The molecule has 138 valence electrons. The van der Waals surface area contributed by atoms with Gasteiger partial charge in [-0.1, -0.05) is 6.92 Å². The van der Waals surface area contributed by atoms with Gasteiger partial charge in [-0.25, -0.2) is 4.39 Å². The maximum absolute atomic E-state index is 14.2. The Bertz CT molecular complexity index is 819. The highest BCUT2D eigenvalue weighted by Gasteiger charge is 2.61. The topological polar surface area (TPSA) is 43.4 Å². The molecule has 1 aromatic rings. The van der Waals surface area contributed by atoms with E-state index in [1.165, 1.54) is 12.1 Å². The van der Waals surface area contributed by atoms with E-state index in [0.717, 1.165) is 32.1 Å². The minimum absolute atomic E-state index is 0.144. The van der Waals surface area contributed by atoms with Crippen LogP contribution in [0.25, 0.3) is 0 Å². The van der Waals surface area contributed by atoms with Gasteiger partial charge in [-0.2, -0.15) is 0 Å². The van der Waals surface area contributed by atoms with E-state index in [0.29, 0.717) is 23.8 Å². The average molecular weight is 377 g/mol. The van der Waals surface area contributed by atoms with Gasteiger partial charge in [-0.3, -0.25) is 9.59 Å². The maximum Gasteiger partial charge on any atom is 0.317 e. The van der Waals surface area contributed by atoms with Crippen molar-refractivity contribution in [3.8, 4) is 5.75 Å². The van der Waals surface area contributed by atoms with Gasteiger partial charge in [0.25, 0.3) is 0 Å². The van der Waals surface area contributed by atoms with Crippen molar-refractivity contribution in [2.24, 2.45) is 17.3 Å². The molecule has 4 saturated carbocycles. The van der Waals surface area contributed by atoms with E-state index >= 15 is 0 Å². The summed E-state index contributed by atoms with van der Waals surface area (Å²) in [6.45, 7) is 1.83. The molecule has 0 aliphatic heterocycles. The highest BCUT2D eigenvalue weighted by molar-refractivity contribution is 6.24. The van der Waals surface area contributed by atoms with Gasteiger partial charge >= 0.3 is 5.97 Å². The summed E-state index contributed by atoms with van der Waals surface area (Å²) in [6, 6.07) is 2.73. The Labute approximate surface area is 157 Å². The fourth-order valence-corrected chi connectivity index (χ4v) is 7.20. The fourth-order valence-electron chi connectivity index (χ4n) is 6.51. The molecule has 1 aromatic carbocycles. The zero-order valence-electron chi connectivity index (χ0n) is 14.8. The highest BCUT2D eigenvalue weighted by atomic mass is 35.5. The van der Waals surface area contributed by atoms with Gasteiger partial charge in [0, 0.05) is 16.9 Å². The summed E-state index contributed by atoms with van der Waals surface area (Å²) in [5.41, 5.74) is 0.108. The molecule has 5 heteroatoms. The summed E-state index contributed by atoms with van der Waals surface area (Å²) in [6.07, 6.45) is 5.70. The van der Waals surface area contributed by atoms with Gasteiger partial charge in [0.1, 0.15) is 11.6 Å². The number of esters is 1. The number of ether oxygens (including phenoxy) is 1. The molecule has 0 saturated heterocycles. The highest BCUT2D eigenvalue weighted by Crippen LogP contribution is 2.64. The summed E-state index contributed by atoms with van der Waals surface area (Å²) in [7, 11) is 0. The normalized spacial score (nSPS) is 40.0. The summed E-state index contributed by atoms with van der Waals surface area (Å²) >= 11 is 6.81. The first-order chi connectivity index (χ1) is 12.3. The van der Waals surface area contributed by atoms with Crippen molar-refractivity contribution in [3.05, 3.63) is 29.1 Å². The Balaban J connectivity index is 1.48. The predicted molar refractivity (Wildman–Crippen MR) is 95.1 cm³/mol. The fraction of sp³-hybridized carbons (Fsp3) is 0.619. The summed E-state index contributed by atoms with van der Waals surface area (Å²) in [5.74, 6) is 0.199. The molecule has 4 bridgehead atoms. The Hall–Kier alpha value is -1.42. The molecule has 0 radical (unpaired) electrons. The van der Waals surface area contributed by atoms with Crippen LogP contribution in [-0.4, -0.2) is 16.6 Å². The van der Waals surface area contributed by atoms with Crippen LogP contribution in [0, 0.1) is 23.1 Å². The van der Waals surface area contributed by atoms with E-state index in [4.69, 9.17) is 16.3 Å². The zero-order chi connectivity index (χ0) is 18.3. The van der Waals surface area contributed by atoms with Crippen LogP contribution in [0.3, 0.4) is 0 Å². The predicted octanol–water partition coefficient (Wildman–Crippen LogP) is 5.00. The van der Waals surface area contributed by atoms with Gasteiger partial charge in [-0.05, 0) is 68.4 Å². The zero-order valence-corrected chi connectivity index (χ0v) is 15.6. The minimum Gasteiger partial charge on any atom is -0.425 e. The van der Waals surface area contributed by atoms with Crippen molar-refractivity contribution in [1.29, 1.82) is 0 Å². The number of carbonyl (C=O) groups excluding carboxylic acids is 2. The monoisotopic (exact) mass is 376 g/mol. The standard InChI is InChI=1S/C21H22ClFO3/c1-11-4-15(24)18-16(3-2-14(23)17(11)18)26-19(25)20-6-12-5-13(7-20)9-21(22,8-12)10-20/h2-3,11-13H,4-10H2,1H3. The first kappa shape index (κ1) is 16.7. The van der Waals surface area contributed by atoms with Crippen LogP contribution >= 0.6 is 11.6 Å². The van der Waals surface area contributed by atoms with Crippen LogP contribution in [-0.2, 0) is 4.79 Å². The molecule has 3 unspecified atom stereocenters. The smallest absolute Gasteiger partial charge is 0.317 e. The molecule has 26 heavy (non-hydrogen) atoms. The van der Waals surface area contributed by atoms with Gasteiger partial charge in [0.05, 0.1) is 11.0 Å². The molecule has 0 heterocycles. The summed E-state index contributed by atoms with van der Waals surface area (Å²) in [4.78, 5) is 25.3. The number of fused-ring (bicyclic) bond motifs is 1. The second-order valence-electron chi connectivity index (χ2n) is 9.14. The van der Waals surface area contributed by atoms with Gasteiger partial charge in [0.2, 0.25) is 0 Å². The Morgan fingerprint density at radius 3 is 2.58 bits per heavy atom. The average Bonchev–Trinajstić information content (AvgIpc) is 2.83. The summed E-state index contributed by atoms with van der Waals surface area (Å²) < 4.78 is 20.0.